The van der Waals surface area contributed by atoms with Crippen LogP contribution in [-0.2, 0) is 20.7 Å². The number of likely N-dealkylation sites (tertiary alicyclic amines) is 1. The standard InChI is InChI=1S/C23H28N2O4/c1-28-15-14-24-23(27)21-16-20(29-19-10-6-3-7-11-19)17-25(21)22(26)13-12-18-8-4-2-5-9-18/h2-11,20-21H,12-17H2,1H3,(H,24,27)/t20-,21-/m0/s1. The molecule has 2 aromatic carbocycles. The summed E-state index contributed by atoms with van der Waals surface area (Å²) in [6, 6.07) is 18.9. The molecule has 1 fully saturated rings. The van der Waals surface area contributed by atoms with E-state index in [0.29, 0.717) is 39.0 Å². The van der Waals surface area contributed by atoms with Crippen LogP contribution >= 0.6 is 0 Å². The van der Waals surface area contributed by atoms with Crippen molar-refractivity contribution in [2.45, 2.75) is 31.4 Å². The minimum absolute atomic E-state index is 0.0279. The summed E-state index contributed by atoms with van der Waals surface area (Å²) in [5.74, 6) is 0.559. The number of hydrogen-bond acceptors (Lipinski definition) is 4. The molecule has 154 valence electrons. The Kier molecular flexibility index (Phi) is 7.64. The van der Waals surface area contributed by atoms with Crippen LogP contribution < -0.4 is 10.1 Å². The van der Waals surface area contributed by atoms with Gasteiger partial charge in [-0.2, -0.15) is 0 Å². The van der Waals surface area contributed by atoms with Crippen molar-refractivity contribution >= 4 is 11.8 Å². The fourth-order valence-corrected chi connectivity index (χ4v) is 3.53. The number of hydrogen-bond donors (Lipinski definition) is 1. The first-order chi connectivity index (χ1) is 14.2. The lowest BCUT2D eigenvalue weighted by atomic mass is 10.1. The topological polar surface area (TPSA) is 67.9 Å². The molecule has 1 saturated heterocycles. The van der Waals surface area contributed by atoms with Gasteiger partial charge in [0.1, 0.15) is 17.9 Å². The Morgan fingerprint density at radius 1 is 1.07 bits per heavy atom. The number of benzene rings is 2. The lowest BCUT2D eigenvalue weighted by Gasteiger charge is -2.23. The summed E-state index contributed by atoms with van der Waals surface area (Å²) in [6.45, 7) is 1.26. The molecule has 1 aliphatic rings. The second-order valence-electron chi connectivity index (χ2n) is 7.12. The van der Waals surface area contributed by atoms with Crippen molar-refractivity contribution < 1.29 is 19.1 Å². The van der Waals surface area contributed by atoms with Crippen molar-refractivity contribution in [2.75, 3.05) is 26.8 Å². The van der Waals surface area contributed by atoms with Crippen LogP contribution in [0.4, 0.5) is 0 Å². The summed E-state index contributed by atoms with van der Waals surface area (Å²) >= 11 is 0. The van der Waals surface area contributed by atoms with E-state index in [1.165, 1.54) is 0 Å². The van der Waals surface area contributed by atoms with Crippen LogP contribution in [0.2, 0.25) is 0 Å². The van der Waals surface area contributed by atoms with E-state index in [1.807, 2.05) is 60.7 Å². The molecule has 2 amide bonds. The molecule has 0 aromatic heterocycles. The van der Waals surface area contributed by atoms with E-state index >= 15 is 0 Å². The minimum Gasteiger partial charge on any atom is -0.488 e. The Balaban J connectivity index is 1.64. The lowest BCUT2D eigenvalue weighted by Crippen LogP contribution is -2.46. The van der Waals surface area contributed by atoms with Gasteiger partial charge < -0.3 is 19.7 Å². The van der Waals surface area contributed by atoms with E-state index < -0.39 is 6.04 Å². The molecular formula is C23H28N2O4. The maximum atomic E-state index is 12.9. The van der Waals surface area contributed by atoms with Crippen molar-refractivity contribution in [3.63, 3.8) is 0 Å². The highest BCUT2D eigenvalue weighted by atomic mass is 16.5. The third kappa shape index (κ3) is 6.06. The highest BCUT2D eigenvalue weighted by Crippen LogP contribution is 2.24. The fourth-order valence-electron chi connectivity index (χ4n) is 3.53. The van der Waals surface area contributed by atoms with Gasteiger partial charge in [0.15, 0.2) is 0 Å². The highest BCUT2D eigenvalue weighted by molar-refractivity contribution is 5.88. The van der Waals surface area contributed by atoms with Crippen LogP contribution in [-0.4, -0.2) is 55.7 Å². The first-order valence-electron chi connectivity index (χ1n) is 9.99. The van der Waals surface area contributed by atoms with Gasteiger partial charge >= 0.3 is 0 Å². The molecular weight excluding hydrogens is 368 g/mol. The number of carbonyl (C=O) groups excluding carboxylic acids is 2. The van der Waals surface area contributed by atoms with Crippen LogP contribution in [0, 0.1) is 0 Å². The van der Waals surface area contributed by atoms with E-state index in [0.717, 1.165) is 11.3 Å². The van der Waals surface area contributed by atoms with Crippen molar-refractivity contribution in [2.24, 2.45) is 0 Å². The molecule has 0 unspecified atom stereocenters. The average Bonchev–Trinajstić information content (AvgIpc) is 3.17. The van der Waals surface area contributed by atoms with Crippen molar-refractivity contribution in [3.05, 3.63) is 66.2 Å². The molecule has 1 heterocycles. The van der Waals surface area contributed by atoms with E-state index in [4.69, 9.17) is 9.47 Å². The van der Waals surface area contributed by atoms with Gasteiger partial charge in [0, 0.05) is 26.5 Å². The molecule has 2 aromatic rings. The number of para-hydroxylation sites is 1. The van der Waals surface area contributed by atoms with Gasteiger partial charge in [-0.3, -0.25) is 9.59 Å². The molecule has 6 nitrogen and oxygen atoms in total. The maximum Gasteiger partial charge on any atom is 0.243 e. The number of methoxy groups -OCH3 is 1. The van der Waals surface area contributed by atoms with Crippen LogP contribution in [0.25, 0.3) is 0 Å². The van der Waals surface area contributed by atoms with Gasteiger partial charge in [-0.15, -0.1) is 0 Å². The van der Waals surface area contributed by atoms with E-state index in [2.05, 4.69) is 5.32 Å². The molecule has 6 heteroatoms. The van der Waals surface area contributed by atoms with Crippen LogP contribution in [0.15, 0.2) is 60.7 Å². The van der Waals surface area contributed by atoms with Gasteiger partial charge in [0.2, 0.25) is 11.8 Å². The second-order valence-corrected chi connectivity index (χ2v) is 7.12. The Hall–Kier alpha value is -2.86. The summed E-state index contributed by atoms with van der Waals surface area (Å²) in [5, 5.41) is 2.86. The predicted molar refractivity (Wildman–Crippen MR) is 111 cm³/mol. The zero-order chi connectivity index (χ0) is 20.5. The number of rotatable bonds is 9. The average molecular weight is 396 g/mol. The number of nitrogens with zero attached hydrogens (tertiary/aromatic N) is 1. The molecule has 29 heavy (non-hydrogen) atoms. The van der Waals surface area contributed by atoms with Crippen molar-refractivity contribution in [3.8, 4) is 5.75 Å². The van der Waals surface area contributed by atoms with Gasteiger partial charge in [-0.25, -0.2) is 0 Å². The summed E-state index contributed by atoms with van der Waals surface area (Å²) in [6.07, 6.45) is 1.28. The molecule has 2 atom stereocenters. The molecule has 0 bridgehead atoms. The number of carbonyl (C=O) groups is 2. The molecule has 1 N–H and O–H groups in total. The Bertz CT molecular complexity index is 782. The summed E-state index contributed by atoms with van der Waals surface area (Å²) in [7, 11) is 1.59. The van der Waals surface area contributed by atoms with E-state index in [1.54, 1.807) is 12.0 Å². The monoisotopic (exact) mass is 396 g/mol. The third-order valence-corrected chi connectivity index (χ3v) is 5.01. The quantitative estimate of drug-likeness (QED) is 0.661. The van der Waals surface area contributed by atoms with E-state index in [-0.39, 0.29) is 17.9 Å². The first kappa shape index (κ1) is 20.9. The maximum absolute atomic E-state index is 12.9. The van der Waals surface area contributed by atoms with E-state index in [9.17, 15) is 9.59 Å². The van der Waals surface area contributed by atoms with Gasteiger partial charge in [0.05, 0.1) is 13.2 Å². The SMILES string of the molecule is COCCNC(=O)[C@@H]1C[C@H](Oc2ccccc2)CN1C(=O)CCc1ccccc1. The van der Waals surface area contributed by atoms with Gasteiger partial charge in [0.25, 0.3) is 0 Å². The Labute approximate surface area is 171 Å². The number of amides is 2. The molecule has 0 saturated carbocycles. The van der Waals surface area contributed by atoms with Crippen molar-refractivity contribution in [1.29, 1.82) is 0 Å². The van der Waals surface area contributed by atoms with Gasteiger partial charge in [-0.05, 0) is 24.1 Å². The zero-order valence-electron chi connectivity index (χ0n) is 16.8. The van der Waals surface area contributed by atoms with Crippen LogP contribution in [0.1, 0.15) is 18.4 Å². The molecule has 0 radical (unpaired) electrons. The van der Waals surface area contributed by atoms with Crippen molar-refractivity contribution in [1.82, 2.24) is 10.2 Å². The molecule has 0 aliphatic carbocycles. The van der Waals surface area contributed by atoms with Crippen LogP contribution in [0.5, 0.6) is 5.75 Å². The Morgan fingerprint density at radius 3 is 2.45 bits per heavy atom. The van der Waals surface area contributed by atoms with Crippen LogP contribution in [0.3, 0.4) is 0 Å². The number of ether oxygens (including phenoxy) is 2. The largest absolute Gasteiger partial charge is 0.488 e. The first-order valence-corrected chi connectivity index (χ1v) is 9.99. The normalized spacial score (nSPS) is 18.4. The minimum atomic E-state index is -0.524. The molecule has 1 aliphatic heterocycles. The summed E-state index contributed by atoms with van der Waals surface area (Å²) < 4.78 is 11.0. The fraction of sp³-hybridized carbons (Fsp3) is 0.391. The molecule has 0 spiro atoms. The smallest absolute Gasteiger partial charge is 0.243 e. The third-order valence-electron chi connectivity index (χ3n) is 5.01. The number of aryl methyl sites for hydroxylation is 1. The zero-order valence-corrected chi connectivity index (χ0v) is 16.8. The lowest BCUT2D eigenvalue weighted by molar-refractivity contribution is -0.138. The predicted octanol–water partition coefficient (Wildman–Crippen LogP) is 2.43. The number of nitrogens with one attached hydrogen (secondary N) is 1. The second kappa shape index (κ2) is 10.6. The summed E-state index contributed by atoms with van der Waals surface area (Å²) in [5.41, 5.74) is 1.11. The molecule has 3 rings (SSSR count). The highest BCUT2D eigenvalue weighted by Gasteiger charge is 2.40. The summed E-state index contributed by atoms with van der Waals surface area (Å²) in [4.78, 5) is 27.3. The van der Waals surface area contributed by atoms with Gasteiger partial charge in [-0.1, -0.05) is 48.5 Å². The Morgan fingerprint density at radius 2 is 1.76 bits per heavy atom.